The summed E-state index contributed by atoms with van der Waals surface area (Å²) in [4.78, 5) is 12.9. The third-order valence-electron chi connectivity index (χ3n) is 5.87. The summed E-state index contributed by atoms with van der Waals surface area (Å²) in [5.74, 6) is -0.404. The van der Waals surface area contributed by atoms with Gasteiger partial charge < -0.3 is 18.9 Å². The van der Waals surface area contributed by atoms with Crippen molar-refractivity contribution >= 4 is 27.3 Å². The van der Waals surface area contributed by atoms with E-state index in [1.807, 2.05) is 0 Å². The van der Waals surface area contributed by atoms with E-state index in [-0.39, 0.29) is 39.9 Å². The number of hydrogen-bond donors (Lipinski definition) is 0. The zero-order chi connectivity index (χ0) is 26.5. The van der Waals surface area contributed by atoms with Crippen LogP contribution in [0, 0.1) is 0 Å². The molecule has 0 saturated heterocycles. The van der Waals surface area contributed by atoms with Gasteiger partial charge in [0.2, 0.25) is 12.5 Å². The quantitative estimate of drug-likeness (QED) is 0.454. The first-order valence-corrected chi connectivity index (χ1v) is 12.1. The predicted molar refractivity (Wildman–Crippen MR) is 125 cm³/mol. The Labute approximate surface area is 209 Å². The van der Waals surface area contributed by atoms with Gasteiger partial charge in [0.25, 0.3) is 10.0 Å². The minimum Gasteiger partial charge on any atom is -0.493 e. The van der Waals surface area contributed by atoms with Gasteiger partial charge in [-0.25, -0.2) is 17.5 Å². The first-order chi connectivity index (χ1) is 17.6. The fraction of sp³-hybridized carbons (Fsp3) is 0.160. The molecule has 0 aromatic heterocycles. The average molecular weight is 533 g/mol. The van der Waals surface area contributed by atoms with Crippen molar-refractivity contribution in [2.75, 3.05) is 25.3 Å². The van der Waals surface area contributed by atoms with Crippen molar-refractivity contribution in [3.8, 4) is 17.2 Å². The number of anilines is 1. The SMILES string of the molecule is COC(=O)C1=C(c2cc(OC)c3c(c2)OCO3)c2ccccc2S(=O)(=O)N1c1ccccc1C(F)(F)F. The van der Waals surface area contributed by atoms with E-state index in [4.69, 9.17) is 18.9 Å². The lowest BCUT2D eigenvalue weighted by Gasteiger charge is -2.34. The van der Waals surface area contributed by atoms with Crippen LogP contribution in [0.15, 0.2) is 71.3 Å². The summed E-state index contributed by atoms with van der Waals surface area (Å²) in [7, 11) is -2.32. The average Bonchev–Trinajstić information content (AvgIpc) is 3.35. The van der Waals surface area contributed by atoms with Gasteiger partial charge in [-0.1, -0.05) is 30.3 Å². The van der Waals surface area contributed by atoms with Crippen LogP contribution in [0.4, 0.5) is 18.9 Å². The number of benzene rings is 3. The second-order valence-corrected chi connectivity index (χ2v) is 9.66. The van der Waals surface area contributed by atoms with Crippen molar-refractivity contribution in [3.05, 3.63) is 83.1 Å². The van der Waals surface area contributed by atoms with Crippen LogP contribution >= 0.6 is 0 Å². The van der Waals surface area contributed by atoms with Crippen LogP contribution in [-0.4, -0.2) is 35.4 Å². The summed E-state index contributed by atoms with van der Waals surface area (Å²) < 4.78 is 91.4. The largest absolute Gasteiger partial charge is 0.493 e. The van der Waals surface area contributed by atoms with Crippen LogP contribution in [0.1, 0.15) is 16.7 Å². The molecule has 0 unspecified atom stereocenters. The predicted octanol–water partition coefficient (Wildman–Crippen LogP) is 4.58. The molecule has 0 fully saturated rings. The second kappa shape index (κ2) is 8.73. The van der Waals surface area contributed by atoms with E-state index < -0.39 is 39.1 Å². The lowest BCUT2D eigenvalue weighted by Crippen LogP contribution is -2.39. The molecule has 3 aromatic rings. The summed E-state index contributed by atoms with van der Waals surface area (Å²) in [5, 5.41) is 0. The maximum absolute atomic E-state index is 14.0. The van der Waals surface area contributed by atoms with Crippen LogP contribution in [0.3, 0.4) is 0 Å². The number of esters is 1. The first-order valence-electron chi connectivity index (χ1n) is 10.7. The highest BCUT2D eigenvalue weighted by atomic mass is 32.2. The van der Waals surface area contributed by atoms with Gasteiger partial charge in [-0.3, -0.25) is 0 Å². The van der Waals surface area contributed by atoms with Gasteiger partial charge in [-0.05, 0) is 35.9 Å². The van der Waals surface area contributed by atoms with Gasteiger partial charge in [0.1, 0.15) is 0 Å². The van der Waals surface area contributed by atoms with Crippen LogP contribution in [0.25, 0.3) is 5.57 Å². The highest BCUT2D eigenvalue weighted by molar-refractivity contribution is 7.93. The fourth-order valence-electron chi connectivity index (χ4n) is 4.33. The van der Waals surface area contributed by atoms with E-state index in [1.165, 1.54) is 43.5 Å². The number of alkyl halides is 3. The number of carbonyl (C=O) groups is 1. The molecule has 3 aromatic carbocycles. The molecule has 37 heavy (non-hydrogen) atoms. The molecule has 0 radical (unpaired) electrons. The Balaban J connectivity index is 1.93. The van der Waals surface area contributed by atoms with Crippen LogP contribution in [0.2, 0.25) is 0 Å². The molecule has 8 nitrogen and oxygen atoms in total. The van der Waals surface area contributed by atoms with Crippen LogP contribution in [-0.2, 0) is 25.7 Å². The molecule has 12 heteroatoms. The first kappa shape index (κ1) is 24.5. The Morgan fingerprint density at radius 2 is 1.70 bits per heavy atom. The highest BCUT2D eigenvalue weighted by Crippen LogP contribution is 2.49. The number of nitrogens with zero attached hydrogens (tertiary/aromatic N) is 1. The Morgan fingerprint density at radius 1 is 1.00 bits per heavy atom. The van der Waals surface area contributed by atoms with Crippen molar-refractivity contribution < 1.29 is 45.3 Å². The zero-order valence-electron chi connectivity index (χ0n) is 19.3. The molecule has 192 valence electrons. The van der Waals surface area contributed by atoms with Crippen molar-refractivity contribution in [1.29, 1.82) is 0 Å². The van der Waals surface area contributed by atoms with Gasteiger partial charge >= 0.3 is 12.1 Å². The van der Waals surface area contributed by atoms with Crippen molar-refractivity contribution in [2.45, 2.75) is 11.1 Å². The maximum atomic E-state index is 14.0. The molecule has 0 aliphatic carbocycles. The second-order valence-electron chi connectivity index (χ2n) is 7.91. The summed E-state index contributed by atoms with van der Waals surface area (Å²) in [5.41, 5.74) is -2.30. The number of para-hydroxylation sites is 1. The summed E-state index contributed by atoms with van der Waals surface area (Å²) in [6.07, 6.45) is -4.92. The van der Waals surface area contributed by atoms with Crippen molar-refractivity contribution in [2.24, 2.45) is 0 Å². The maximum Gasteiger partial charge on any atom is 0.418 e. The molecule has 0 atom stereocenters. The van der Waals surface area contributed by atoms with Gasteiger partial charge in [0.15, 0.2) is 17.2 Å². The van der Waals surface area contributed by atoms with Gasteiger partial charge in [0.05, 0.1) is 30.4 Å². The van der Waals surface area contributed by atoms with Crippen LogP contribution in [0.5, 0.6) is 17.2 Å². The molecule has 0 spiro atoms. The summed E-state index contributed by atoms with van der Waals surface area (Å²) >= 11 is 0. The smallest absolute Gasteiger partial charge is 0.418 e. The van der Waals surface area contributed by atoms with E-state index in [0.29, 0.717) is 10.1 Å². The van der Waals surface area contributed by atoms with Gasteiger partial charge in [-0.2, -0.15) is 13.2 Å². The normalized spacial score (nSPS) is 15.9. The highest BCUT2D eigenvalue weighted by Gasteiger charge is 2.45. The molecule has 2 aliphatic heterocycles. The molecule has 0 bridgehead atoms. The Kier molecular flexibility index (Phi) is 5.78. The Hall–Kier alpha value is -4.19. The van der Waals surface area contributed by atoms with E-state index in [9.17, 15) is 26.4 Å². The molecular weight excluding hydrogens is 515 g/mol. The van der Waals surface area contributed by atoms with Crippen LogP contribution < -0.4 is 18.5 Å². The lowest BCUT2D eigenvalue weighted by molar-refractivity contribution is -0.138. The minimum absolute atomic E-state index is 0.00542. The Morgan fingerprint density at radius 3 is 2.41 bits per heavy atom. The van der Waals surface area contributed by atoms with Crippen molar-refractivity contribution in [3.63, 3.8) is 0 Å². The number of methoxy groups -OCH3 is 2. The standard InChI is InChI=1S/C25H18F3NO7S/c1-33-18-11-14(12-19-23(18)36-13-35-19)21-15-7-3-6-10-20(15)37(31,32)29(22(21)24(30)34-2)17-9-5-4-8-16(17)25(26,27)28/h3-12H,13H2,1-2H3. The van der Waals surface area contributed by atoms with Gasteiger partial charge in [0, 0.05) is 11.1 Å². The Bertz CT molecular complexity index is 1560. The van der Waals surface area contributed by atoms with Gasteiger partial charge in [-0.15, -0.1) is 0 Å². The lowest BCUT2D eigenvalue weighted by atomic mass is 9.94. The molecule has 0 amide bonds. The number of fused-ring (bicyclic) bond motifs is 2. The van der Waals surface area contributed by atoms with E-state index >= 15 is 0 Å². The number of carbonyl (C=O) groups excluding carboxylic acids is 1. The number of halogens is 3. The summed E-state index contributed by atoms with van der Waals surface area (Å²) in [6.45, 7) is -0.103. The molecule has 0 N–H and O–H groups in total. The van der Waals surface area contributed by atoms with E-state index in [2.05, 4.69) is 0 Å². The zero-order valence-corrected chi connectivity index (χ0v) is 20.1. The van der Waals surface area contributed by atoms with E-state index in [1.54, 1.807) is 6.07 Å². The van der Waals surface area contributed by atoms with E-state index in [0.717, 1.165) is 25.3 Å². The van der Waals surface area contributed by atoms with Crippen molar-refractivity contribution in [1.82, 2.24) is 0 Å². The number of sulfonamides is 1. The number of rotatable bonds is 4. The third-order valence-corrected chi connectivity index (χ3v) is 7.64. The fourth-order valence-corrected chi connectivity index (χ4v) is 6.05. The molecule has 2 heterocycles. The molecule has 5 rings (SSSR count). The number of hydrogen-bond acceptors (Lipinski definition) is 7. The topological polar surface area (TPSA) is 91.4 Å². The molecule has 0 saturated carbocycles. The molecule has 2 aliphatic rings. The third kappa shape index (κ3) is 3.84. The number of ether oxygens (including phenoxy) is 4. The summed E-state index contributed by atoms with van der Waals surface area (Å²) in [6, 6.07) is 12.8. The molecular formula is C25H18F3NO7S. The monoisotopic (exact) mass is 533 g/mol. The minimum atomic E-state index is -4.92.